The highest BCUT2D eigenvalue weighted by Gasteiger charge is 2.24. The number of nitro benzene ring substituents is 1. The normalized spacial score (nSPS) is 16.3. The number of anilines is 1. The molecule has 1 heterocycles. The van der Waals surface area contributed by atoms with E-state index in [1.54, 1.807) is 17.0 Å². The Hall–Kier alpha value is -2.64. The van der Waals surface area contributed by atoms with Crippen LogP contribution in [0.1, 0.15) is 28.8 Å². The first-order valence-electron chi connectivity index (χ1n) is 8.65. The third-order valence-corrected chi connectivity index (χ3v) is 4.51. The van der Waals surface area contributed by atoms with E-state index in [9.17, 15) is 14.9 Å². The lowest BCUT2D eigenvalue weighted by molar-refractivity contribution is -0.384. The molecule has 2 aromatic rings. The molecule has 1 aliphatic heterocycles. The highest BCUT2D eigenvalue weighted by molar-refractivity contribution is 5.95. The number of amides is 1. The van der Waals surface area contributed by atoms with Gasteiger partial charge in [0, 0.05) is 37.3 Å². The molecule has 0 saturated carbocycles. The lowest BCUT2D eigenvalue weighted by Crippen LogP contribution is -2.45. The second kappa shape index (κ2) is 9.34. The summed E-state index contributed by atoms with van der Waals surface area (Å²) in [5.41, 5.74) is 7.55. The number of benzene rings is 2. The Morgan fingerprint density at radius 3 is 2.67 bits per heavy atom. The van der Waals surface area contributed by atoms with Gasteiger partial charge in [0.05, 0.1) is 4.92 Å². The molecule has 0 bridgehead atoms. The number of piperidine rings is 1. The molecule has 0 radical (unpaired) electrons. The lowest BCUT2D eigenvalue weighted by Gasteiger charge is -2.30. The summed E-state index contributed by atoms with van der Waals surface area (Å²) in [6.45, 7) is 1.59. The van der Waals surface area contributed by atoms with Crippen LogP contribution in [-0.2, 0) is 6.54 Å². The van der Waals surface area contributed by atoms with E-state index < -0.39 is 4.92 Å². The van der Waals surface area contributed by atoms with Crippen LogP contribution >= 0.6 is 12.4 Å². The molecule has 1 amide bonds. The second-order valence-electron chi connectivity index (χ2n) is 6.48. The van der Waals surface area contributed by atoms with Gasteiger partial charge >= 0.3 is 0 Å². The number of nitrogens with one attached hydrogen (secondary N) is 1. The lowest BCUT2D eigenvalue weighted by atomic mass is 10.0. The largest absolute Gasteiger partial charge is 0.375 e. The molecule has 0 aliphatic carbocycles. The van der Waals surface area contributed by atoms with Crippen molar-refractivity contribution in [1.29, 1.82) is 0 Å². The van der Waals surface area contributed by atoms with E-state index in [1.807, 2.05) is 30.3 Å². The Morgan fingerprint density at radius 1 is 1.26 bits per heavy atom. The summed E-state index contributed by atoms with van der Waals surface area (Å²) in [5, 5.41) is 14.5. The van der Waals surface area contributed by atoms with Crippen molar-refractivity contribution < 1.29 is 9.72 Å². The van der Waals surface area contributed by atoms with Crippen LogP contribution in [-0.4, -0.2) is 34.9 Å². The van der Waals surface area contributed by atoms with Gasteiger partial charge in [-0.15, -0.1) is 12.4 Å². The number of nitrogens with two attached hydrogens (primary N) is 1. The van der Waals surface area contributed by atoms with Gasteiger partial charge in [-0.2, -0.15) is 0 Å². The molecule has 1 aliphatic rings. The Morgan fingerprint density at radius 2 is 2.00 bits per heavy atom. The maximum absolute atomic E-state index is 12.6. The minimum absolute atomic E-state index is 0. The molecule has 3 rings (SSSR count). The predicted octanol–water partition coefficient (Wildman–Crippen LogP) is 3.19. The number of nitro groups is 1. The molecule has 8 heteroatoms. The standard InChI is InChI=1S/C19H22N4O3.ClH/c20-16-7-4-10-22(13-16)19(24)15-8-9-17(18(11-15)23(25)26)21-12-14-5-2-1-3-6-14;/h1-3,5-6,8-9,11,16,21H,4,7,10,12-13,20H2;1H. The van der Waals surface area contributed by atoms with Gasteiger partial charge in [-0.1, -0.05) is 30.3 Å². The molecule has 1 atom stereocenters. The molecule has 144 valence electrons. The molecular formula is C19H23ClN4O3. The van der Waals surface area contributed by atoms with E-state index in [1.165, 1.54) is 6.07 Å². The van der Waals surface area contributed by atoms with Crippen LogP contribution < -0.4 is 11.1 Å². The van der Waals surface area contributed by atoms with Crippen LogP contribution in [0.4, 0.5) is 11.4 Å². The van der Waals surface area contributed by atoms with Crippen LogP contribution in [0, 0.1) is 10.1 Å². The first-order valence-corrected chi connectivity index (χ1v) is 8.65. The van der Waals surface area contributed by atoms with Gasteiger partial charge in [0.2, 0.25) is 0 Å². The zero-order valence-corrected chi connectivity index (χ0v) is 15.7. The summed E-state index contributed by atoms with van der Waals surface area (Å²) >= 11 is 0. The zero-order chi connectivity index (χ0) is 18.5. The highest BCUT2D eigenvalue weighted by Crippen LogP contribution is 2.27. The molecule has 0 spiro atoms. The fourth-order valence-corrected chi connectivity index (χ4v) is 3.14. The molecular weight excluding hydrogens is 368 g/mol. The van der Waals surface area contributed by atoms with Crippen molar-refractivity contribution in [2.24, 2.45) is 5.73 Å². The number of carbonyl (C=O) groups is 1. The molecule has 2 aromatic carbocycles. The van der Waals surface area contributed by atoms with Gasteiger partial charge < -0.3 is 16.0 Å². The summed E-state index contributed by atoms with van der Waals surface area (Å²) in [6.07, 6.45) is 1.75. The Labute approximate surface area is 164 Å². The summed E-state index contributed by atoms with van der Waals surface area (Å²) in [5.74, 6) is -0.210. The zero-order valence-electron chi connectivity index (χ0n) is 14.8. The number of nitrogens with zero attached hydrogens (tertiary/aromatic N) is 2. The molecule has 1 fully saturated rings. The first kappa shape index (κ1) is 20.7. The van der Waals surface area contributed by atoms with Crippen molar-refractivity contribution in [3.05, 3.63) is 69.8 Å². The van der Waals surface area contributed by atoms with Crippen LogP contribution in [0.25, 0.3) is 0 Å². The van der Waals surface area contributed by atoms with Gasteiger partial charge in [-0.05, 0) is 30.5 Å². The molecule has 0 aromatic heterocycles. The van der Waals surface area contributed by atoms with Crippen molar-refractivity contribution in [1.82, 2.24) is 4.90 Å². The monoisotopic (exact) mass is 390 g/mol. The van der Waals surface area contributed by atoms with Crippen molar-refractivity contribution in [3.63, 3.8) is 0 Å². The van der Waals surface area contributed by atoms with Gasteiger partial charge in [0.1, 0.15) is 5.69 Å². The van der Waals surface area contributed by atoms with Crippen molar-refractivity contribution in [2.75, 3.05) is 18.4 Å². The maximum atomic E-state index is 12.6. The van der Waals surface area contributed by atoms with E-state index in [0.29, 0.717) is 30.9 Å². The predicted molar refractivity (Wildman–Crippen MR) is 107 cm³/mol. The van der Waals surface area contributed by atoms with Crippen molar-refractivity contribution >= 4 is 29.7 Å². The Kier molecular flexibility index (Phi) is 7.15. The molecule has 7 nitrogen and oxygen atoms in total. The van der Waals surface area contributed by atoms with Crippen LogP contribution in [0.3, 0.4) is 0 Å². The summed E-state index contributed by atoms with van der Waals surface area (Å²) in [7, 11) is 0. The number of hydrogen-bond acceptors (Lipinski definition) is 5. The quantitative estimate of drug-likeness (QED) is 0.603. The average Bonchev–Trinajstić information content (AvgIpc) is 2.66. The fourth-order valence-electron chi connectivity index (χ4n) is 3.14. The van der Waals surface area contributed by atoms with E-state index in [0.717, 1.165) is 18.4 Å². The average molecular weight is 391 g/mol. The van der Waals surface area contributed by atoms with Gasteiger partial charge in [0.25, 0.3) is 11.6 Å². The third-order valence-electron chi connectivity index (χ3n) is 4.51. The van der Waals surface area contributed by atoms with E-state index in [2.05, 4.69) is 5.32 Å². The Balaban J connectivity index is 0.00000261. The summed E-state index contributed by atoms with van der Waals surface area (Å²) in [4.78, 5) is 25.3. The number of halogens is 1. The molecule has 27 heavy (non-hydrogen) atoms. The number of carbonyl (C=O) groups excluding carboxylic acids is 1. The molecule has 3 N–H and O–H groups in total. The molecule has 1 unspecified atom stereocenters. The highest BCUT2D eigenvalue weighted by atomic mass is 35.5. The first-order chi connectivity index (χ1) is 12.5. The van der Waals surface area contributed by atoms with Gasteiger partial charge in [-0.3, -0.25) is 14.9 Å². The number of hydrogen-bond donors (Lipinski definition) is 2. The smallest absolute Gasteiger partial charge is 0.293 e. The van der Waals surface area contributed by atoms with E-state index >= 15 is 0 Å². The van der Waals surface area contributed by atoms with Gasteiger partial charge in [0.15, 0.2) is 0 Å². The van der Waals surface area contributed by atoms with Crippen LogP contribution in [0.5, 0.6) is 0 Å². The number of rotatable bonds is 5. The minimum atomic E-state index is -0.466. The van der Waals surface area contributed by atoms with Crippen molar-refractivity contribution in [3.8, 4) is 0 Å². The van der Waals surface area contributed by atoms with E-state index in [4.69, 9.17) is 5.73 Å². The second-order valence-corrected chi connectivity index (χ2v) is 6.48. The van der Waals surface area contributed by atoms with Crippen LogP contribution in [0.15, 0.2) is 48.5 Å². The van der Waals surface area contributed by atoms with Crippen LogP contribution in [0.2, 0.25) is 0 Å². The summed E-state index contributed by atoms with van der Waals surface area (Å²) < 4.78 is 0. The third kappa shape index (κ3) is 5.18. The van der Waals surface area contributed by atoms with Gasteiger partial charge in [-0.25, -0.2) is 0 Å². The topological polar surface area (TPSA) is 102 Å². The SMILES string of the molecule is Cl.NC1CCCN(C(=O)c2ccc(NCc3ccccc3)c([N+](=O)[O-])c2)C1. The Bertz CT molecular complexity index is 801. The maximum Gasteiger partial charge on any atom is 0.293 e. The number of likely N-dealkylation sites (tertiary alicyclic amines) is 1. The van der Waals surface area contributed by atoms with Crippen molar-refractivity contribution in [2.45, 2.75) is 25.4 Å². The minimum Gasteiger partial charge on any atom is -0.375 e. The molecule has 1 saturated heterocycles. The summed E-state index contributed by atoms with van der Waals surface area (Å²) in [6, 6.07) is 14.2. The van der Waals surface area contributed by atoms with E-state index in [-0.39, 0.29) is 30.0 Å². The fraction of sp³-hybridized carbons (Fsp3) is 0.316.